The minimum atomic E-state index is -1.21. The van der Waals surface area contributed by atoms with Crippen LogP contribution in [0.25, 0.3) is 0 Å². The van der Waals surface area contributed by atoms with Crippen LogP contribution in [0, 0.1) is 0 Å². The Kier molecular flexibility index (Phi) is 4.93. The molecule has 1 aromatic carbocycles. The molecule has 1 atom stereocenters. The van der Waals surface area contributed by atoms with Crippen LogP contribution in [0.15, 0.2) is 48.8 Å². The highest BCUT2D eigenvalue weighted by molar-refractivity contribution is 6.10. The molecule has 1 aliphatic rings. The maximum absolute atomic E-state index is 13.0. The molecule has 2 heterocycles. The van der Waals surface area contributed by atoms with Crippen molar-refractivity contribution in [1.82, 2.24) is 15.2 Å². The Hall–Kier alpha value is -3.22. The fourth-order valence-corrected chi connectivity index (χ4v) is 3.12. The molecule has 2 aromatic rings. The first-order valence-corrected chi connectivity index (χ1v) is 9.06. The lowest BCUT2D eigenvalue weighted by molar-refractivity contribution is -0.133. The normalized spacial score (nSPS) is 19.5. The second kappa shape index (κ2) is 7.07. The Balaban J connectivity index is 1.76. The maximum Gasteiger partial charge on any atom is 0.325 e. The third-order valence-electron chi connectivity index (χ3n) is 4.85. The first-order chi connectivity index (χ1) is 13.1. The van der Waals surface area contributed by atoms with E-state index in [9.17, 15) is 14.4 Å². The standard InChI is InChI=1S/C21H24N4O3/c1-20(2,3)14-7-9-15(10-8-14)21(4)18(27)25(19(28)24-21)13-17(26)23-16-6-5-11-22-12-16/h5-12H,13H2,1-4H3,(H,23,26)(H,24,28). The molecule has 1 saturated heterocycles. The number of hydrogen-bond acceptors (Lipinski definition) is 4. The van der Waals surface area contributed by atoms with Crippen molar-refractivity contribution in [1.29, 1.82) is 0 Å². The first kappa shape index (κ1) is 19.5. The van der Waals surface area contributed by atoms with Crippen molar-refractivity contribution in [2.75, 3.05) is 11.9 Å². The highest BCUT2D eigenvalue weighted by Gasteiger charge is 2.49. The molecule has 0 saturated carbocycles. The smallest absolute Gasteiger partial charge is 0.323 e. The number of urea groups is 1. The molecule has 1 aliphatic heterocycles. The number of carbonyl (C=O) groups is 3. The Morgan fingerprint density at radius 2 is 1.86 bits per heavy atom. The molecule has 2 N–H and O–H groups in total. The van der Waals surface area contributed by atoms with E-state index in [-0.39, 0.29) is 12.0 Å². The van der Waals surface area contributed by atoms with Crippen molar-refractivity contribution >= 4 is 23.5 Å². The van der Waals surface area contributed by atoms with Crippen molar-refractivity contribution in [3.63, 3.8) is 0 Å². The molecule has 0 spiro atoms. The van der Waals surface area contributed by atoms with E-state index in [0.717, 1.165) is 10.5 Å². The zero-order chi connectivity index (χ0) is 20.5. The molecule has 3 rings (SSSR count). The molecule has 7 heteroatoms. The molecule has 0 bridgehead atoms. The lowest BCUT2D eigenvalue weighted by Crippen LogP contribution is -2.42. The van der Waals surface area contributed by atoms with E-state index < -0.39 is 23.4 Å². The molecule has 1 unspecified atom stereocenters. The molecule has 28 heavy (non-hydrogen) atoms. The van der Waals surface area contributed by atoms with E-state index in [4.69, 9.17) is 0 Å². The monoisotopic (exact) mass is 380 g/mol. The number of nitrogens with zero attached hydrogens (tertiary/aromatic N) is 2. The summed E-state index contributed by atoms with van der Waals surface area (Å²) < 4.78 is 0. The summed E-state index contributed by atoms with van der Waals surface area (Å²) in [5.41, 5.74) is 1.08. The third kappa shape index (κ3) is 3.74. The van der Waals surface area contributed by atoms with Gasteiger partial charge < -0.3 is 10.6 Å². The molecule has 146 valence electrons. The van der Waals surface area contributed by atoms with Gasteiger partial charge in [-0.1, -0.05) is 45.0 Å². The molecular formula is C21H24N4O3. The first-order valence-electron chi connectivity index (χ1n) is 9.06. The lowest BCUT2D eigenvalue weighted by Gasteiger charge is -2.24. The molecule has 4 amide bonds. The average Bonchev–Trinajstić information content (AvgIpc) is 2.86. The van der Waals surface area contributed by atoms with Crippen LogP contribution in [0.3, 0.4) is 0 Å². The van der Waals surface area contributed by atoms with E-state index >= 15 is 0 Å². The van der Waals surface area contributed by atoms with Crippen LogP contribution in [-0.4, -0.2) is 34.3 Å². The predicted molar refractivity (Wildman–Crippen MR) is 106 cm³/mol. The number of benzene rings is 1. The van der Waals surface area contributed by atoms with Gasteiger partial charge in [0.15, 0.2) is 0 Å². The van der Waals surface area contributed by atoms with E-state index in [2.05, 4.69) is 36.4 Å². The lowest BCUT2D eigenvalue weighted by atomic mass is 9.84. The molecule has 1 aromatic heterocycles. The van der Waals surface area contributed by atoms with Crippen molar-refractivity contribution in [3.8, 4) is 0 Å². The minimum Gasteiger partial charge on any atom is -0.323 e. The van der Waals surface area contributed by atoms with Gasteiger partial charge in [-0.3, -0.25) is 19.5 Å². The van der Waals surface area contributed by atoms with Gasteiger partial charge in [0.05, 0.1) is 11.9 Å². The molecule has 0 aliphatic carbocycles. The molecule has 1 fully saturated rings. The molecular weight excluding hydrogens is 356 g/mol. The van der Waals surface area contributed by atoms with Crippen LogP contribution in [-0.2, 0) is 20.5 Å². The van der Waals surface area contributed by atoms with E-state index in [1.807, 2.05) is 24.3 Å². The topological polar surface area (TPSA) is 91.4 Å². The minimum absolute atomic E-state index is 0.0151. The zero-order valence-corrected chi connectivity index (χ0v) is 16.4. The van der Waals surface area contributed by atoms with E-state index in [1.54, 1.807) is 25.3 Å². The van der Waals surface area contributed by atoms with Crippen LogP contribution < -0.4 is 10.6 Å². The van der Waals surface area contributed by atoms with Gasteiger partial charge in [-0.05, 0) is 35.6 Å². The van der Waals surface area contributed by atoms with Gasteiger partial charge in [-0.25, -0.2) is 4.79 Å². The summed E-state index contributed by atoms with van der Waals surface area (Å²) in [7, 11) is 0. The second-order valence-electron chi connectivity index (χ2n) is 8.06. The van der Waals surface area contributed by atoms with Crippen LogP contribution >= 0.6 is 0 Å². The van der Waals surface area contributed by atoms with Crippen LogP contribution in [0.1, 0.15) is 38.8 Å². The van der Waals surface area contributed by atoms with Crippen LogP contribution in [0.5, 0.6) is 0 Å². The average molecular weight is 380 g/mol. The Morgan fingerprint density at radius 1 is 1.18 bits per heavy atom. The molecule has 0 radical (unpaired) electrons. The highest BCUT2D eigenvalue weighted by atomic mass is 16.2. The summed E-state index contributed by atoms with van der Waals surface area (Å²) in [5, 5.41) is 5.34. The van der Waals surface area contributed by atoms with Gasteiger partial charge in [0, 0.05) is 6.20 Å². The number of aromatic nitrogens is 1. The Morgan fingerprint density at radius 3 is 2.43 bits per heavy atom. The van der Waals surface area contributed by atoms with Gasteiger partial charge >= 0.3 is 6.03 Å². The summed E-state index contributed by atoms with van der Waals surface area (Å²) in [4.78, 5) is 42.4. The number of nitrogens with one attached hydrogen (secondary N) is 2. The predicted octanol–water partition coefficient (Wildman–Crippen LogP) is 2.78. The van der Waals surface area contributed by atoms with Crippen molar-refractivity contribution in [3.05, 3.63) is 59.9 Å². The van der Waals surface area contributed by atoms with Crippen LogP contribution in [0.4, 0.5) is 10.5 Å². The quantitative estimate of drug-likeness (QED) is 0.798. The summed E-state index contributed by atoms with van der Waals surface area (Å²) >= 11 is 0. The second-order valence-corrected chi connectivity index (χ2v) is 8.06. The maximum atomic E-state index is 13.0. The third-order valence-corrected chi connectivity index (χ3v) is 4.85. The number of pyridine rings is 1. The SMILES string of the molecule is CC(C)(C)c1ccc(C2(C)NC(=O)N(CC(=O)Nc3cccnc3)C2=O)cc1. The van der Waals surface area contributed by atoms with Gasteiger partial charge in [0.25, 0.3) is 5.91 Å². The summed E-state index contributed by atoms with van der Waals surface area (Å²) in [5.74, 6) is -0.925. The largest absolute Gasteiger partial charge is 0.325 e. The number of hydrogen-bond donors (Lipinski definition) is 2. The summed E-state index contributed by atoms with van der Waals surface area (Å²) in [6.07, 6.45) is 3.08. The highest BCUT2D eigenvalue weighted by Crippen LogP contribution is 2.31. The van der Waals surface area contributed by atoms with Crippen molar-refractivity contribution in [2.45, 2.75) is 38.6 Å². The molecule has 7 nitrogen and oxygen atoms in total. The number of imide groups is 1. The van der Waals surface area contributed by atoms with Gasteiger partial charge in [-0.15, -0.1) is 0 Å². The number of carbonyl (C=O) groups excluding carboxylic acids is 3. The Labute approximate surface area is 164 Å². The summed E-state index contributed by atoms with van der Waals surface area (Å²) in [6, 6.07) is 10.4. The number of rotatable bonds is 4. The fraction of sp³-hybridized carbons (Fsp3) is 0.333. The van der Waals surface area contributed by atoms with Gasteiger partial charge in [-0.2, -0.15) is 0 Å². The number of anilines is 1. The fourth-order valence-electron chi connectivity index (χ4n) is 3.12. The number of amides is 4. The Bertz CT molecular complexity index is 903. The van der Waals surface area contributed by atoms with E-state index in [0.29, 0.717) is 11.3 Å². The van der Waals surface area contributed by atoms with Crippen molar-refractivity contribution in [2.24, 2.45) is 0 Å². The zero-order valence-electron chi connectivity index (χ0n) is 16.4. The van der Waals surface area contributed by atoms with Crippen molar-refractivity contribution < 1.29 is 14.4 Å². The summed E-state index contributed by atoms with van der Waals surface area (Å²) in [6.45, 7) is 7.60. The van der Waals surface area contributed by atoms with Crippen LogP contribution in [0.2, 0.25) is 0 Å². The van der Waals surface area contributed by atoms with Gasteiger partial charge in [0.2, 0.25) is 5.91 Å². The van der Waals surface area contributed by atoms with E-state index in [1.165, 1.54) is 6.20 Å². The van der Waals surface area contributed by atoms with Gasteiger partial charge in [0.1, 0.15) is 12.1 Å².